The number of fused-ring (bicyclic) bond motifs is 2. The van der Waals surface area contributed by atoms with Crippen LogP contribution in [-0.4, -0.2) is 22.8 Å². The molecular formula is C25H11Cl5N2O4. The first-order chi connectivity index (χ1) is 17.1. The van der Waals surface area contributed by atoms with Crippen molar-refractivity contribution in [2.24, 2.45) is 0 Å². The molecule has 180 valence electrons. The number of aromatic hydroxyl groups is 1. The second-order valence-corrected chi connectivity index (χ2v) is 9.67. The van der Waals surface area contributed by atoms with Gasteiger partial charge in [-0.05, 0) is 29.7 Å². The number of rotatable bonds is 3. The molecule has 0 radical (unpaired) electrons. The largest absolute Gasteiger partial charge is 0.506 e. The Kier molecular flexibility index (Phi) is 6.27. The first kappa shape index (κ1) is 24.7. The van der Waals surface area contributed by atoms with Crippen molar-refractivity contribution in [3.8, 4) is 5.75 Å². The molecular weight excluding hydrogens is 570 g/mol. The molecule has 4 aromatic rings. The topological polar surface area (TPSA) is 86.7 Å². The van der Waals surface area contributed by atoms with Crippen LogP contribution in [0, 0.1) is 0 Å². The van der Waals surface area contributed by atoms with Crippen LogP contribution in [0.15, 0.2) is 54.6 Å². The van der Waals surface area contributed by atoms with E-state index < -0.39 is 17.7 Å². The zero-order valence-electron chi connectivity index (χ0n) is 17.7. The number of hydrogen-bond acceptors (Lipinski definition) is 4. The van der Waals surface area contributed by atoms with E-state index in [0.717, 1.165) is 10.3 Å². The van der Waals surface area contributed by atoms with Gasteiger partial charge in [0.15, 0.2) is 0 Å². The highest BCUT2D eigenvalue weighted by atomic mass is 35.5. The van der Waals surface area contributed by atoms with Gasteiger partial charge >= 0.3 is 0 Å². The van der Waals surface area contributed by atoms with Crippen LogP contribution >= 0.6 is 58.0 Å². The zero-order chi connectivity index (χ0) is 25.9. The minimum atomic E-state index is -0.778. The van der Waals surface area contributed by atoms with Gasteiger partial charge in [-0.25, -0.2) is 4.90 Å². The fraction of sp³-hybridized carbons (Fsp3) is 0. The van der Waals surface area contributed by atoms with Crippen LogP contribution in [0.5, 0.6) is 5.75 Å². The number of anilines is 2. The number of carbonyl (C=O) groups is 3. The van der Waals surface area contributed by atoms with Crippen LogP contribution in [-0.2, 0) is 0 Å². The molecule has 11 heteroatoms. The molecule has 0 atom stereocenters. The van der Waals surface area contributed by atoms with Crippen LogP contribution in [0.2, 0.25) is 25.1 Å². The predicted molar refractivity (Wildman–Crippen MR) is 143 cm³/mol. The molecule has 4 aromatic carbocycles. The van der Waals surface area contributed by atoms with E-state index in [0.29, 0.717) is 5.39 Å². The second kappa shape index (κ2) is 9.14. The average molecular weight is 581 g/mol. The molecule has 2 N–H and O–H groups in total. The number of halogens is 5. The minimum absolute atomic E-state index is 0.0190. The molecule has 1 aliphatic heterocycles. The molecule has 1 aliphatic rings. The number of nitrogens with one attached hydrogen (secondary N) is 1. The maximum Gasteiger partial charge on any atom is 0.267 e. The molecule has 0 aliphatic carbocycles. The molecule has 36 heavy (non-hydrogen) atoms. The van der Waals surface area contributed by atoms with E-state index in [4.69, 9.17) is 58.0 Å². The minimum Gasteiger partial charge on any atom is -0.506 e. The molecule has 0 saturated carbocycles. The third-order valence-corrected chi connectivity index (χ3v) is 7.80. The van der Waals surface area contributed by atoms with Crippen molar-refractivity contribution in [1.29, 1.82) is 0 Å². The number of hydrogen-bond donors (Lipinski definition) is 2. The lowest BCUT2D eigenvalue weighted by Gasteiger charge is -2.17. The molecule has 0 fully saturated rings. The Labute approximate surface area is 228 Å². The number of amides is 3. The highest BCUT2D eigenvalue weighted by Gasteiger charge is 2.43. The Morgan fingerprint density at radius 2 is 1.39 bits per heavy atom. The monoisotopic (exact) mass is 578 g/mol. The van der Waals surface area contributed by atoms with Gasteiger partial charge in [-0.1, -0.05) is 88.3 Å². The van der Waals surface area contributed by atoms with Gasteiger partial charge in [-0.2, -0.15) is 0 Å². The van der Waals surface area contributed by atoms with E-state index in [2.05, 4.69) is 5.32 Å². The molecule has 0 bridgehead atoms. The van der Waals surface area contributed by atoms with Crippen molar-refractivity contribution < 1.29 is 19.5 Å². The van der Waals surface area contributed by atoms with E-state index in [1.54, 1.807) is 18.2 Å². The summed E-state index contributed by atoms with van der Waals surface area (Å²) < 4.78 is 0. The van der Waals surface area contributed by atoms with E-state index >= 15 is 0 Å². The smallest absolute Gasteiger partial charge is 0.267 e. The fourth-order valence-electron chi connectivity index (χ4n) is 3.97. The van der Waals surface area contributed by atoms with Crippen LogP contribution in [0.3, 0.4) is 0 Å². The summed E-state index contributed by atoms with van der Waals surface area (Å²) in [6, 6.07) is 14.5. The number of nitrogens with zero attached hydrogens (tertiary/aromatic N) is 1. The number of carbonyl (C=O) groups excluding carboxylic acids is 3. The summed E-state index contributed by atoms with van der Waals surface area (Å²) in [5.41, 5.74) is 0.00346. The lowest BCUT2D eigenvalue weighted by molar-refractivity contribution is 0.0924. The lowest BCUT2D eigenvalue weighted by atomic mass is 10.0. The molecule has 6 nitrogen and oxygen atoms in total. The van der Waals surface area contributed by atoms with Crippen molar-refractivity contribution >= 4 is 97.9 Å². The normalized spacial score (nSPS) is 12.9. The van der Waals surface area contributed by atoms with Crippen LogP contribution in [0.4, 0.5) is 11.4 Å². The average Bonchev–Trinajstić information content (AvgIpc) is 3.12. The van der Waals surface area contributed by atoms with E-state index in [1.165, 1.54) is 24.3 Å². The molecule has 1 heterocycles. The van der Waals surface area contributed by atoms with Crippen LogP contribution in [0.1, 0.15) is 31.1 Å². The Morgan fingerprint density at radius 3 is 2.00 bits per heavy atom. The number of benzene rings is 4. The predicted octanol–water partition coefficient (Wildman–Crippen LogP) is 7.87. The summed E-state index contributed by atoms with van der Waals surface area (Å²) >= 11 is 30.9. The number of phenolic OH excluding ortho intramolecular Hbond substituents is 1. The van der Waals surface area contributed by atoms with Gasteiger partial charge in [0.25, 0.3) is 17.7 Å². The highest BCUT2D eigenvalue weighted by molar-refractivity contribution is 6.56. The summed E-state index contributed by atoms with van der Waals surface area (Å²) in [7, 11) is 0. The van der Waals surface area contributed by atoms with Gasteiger partial charge < -0.3 is 10.4 Å². The number of phenols is 1. The van der Waals surface area contributed by atoms with Crippen molar-refractivity contribution in [1.82, 2.24) is 0 Å². The van der Waals surface area contributed by atoms with Crippen molar-refractivity contribution in [3.63, 3.8) is 0 Å². The number of imide groups is 1. The fourth-order valence-corrected chi connectivity index (χ4v) is 5.25. The van der Waals surface area contributed by atoms with Gasteiger partial charge in [0.05, 0.1) is 47.5 Å². The maximum atomic E-state index is 13.1. The van der Waals surface area contributed by atoms with Gasteiger partial charge in [0, 0.05) is 11.1 Å². The summed E-state index contributed by atoms with van der Waals surface area (Å²) in [5, 5.41) is 13.8. The third-order valence-electron chi connectivity index (χ3n) is 5.69. The van der Waals surface area contributed by atoms with Crippen LogP contribution < -0.4 is 10.2 Å². The van der Waals surface area contributed by atoms with Crippen molar-refractivity contribution in [2.75, 3.05) is 10.2 Å². The quantitative estimate of drug-likeness (QED) is 0.147. The molecule has 0 aromatic heterocycles. The summed E-state index contributed by atoms with van der Waals surface area (Å²) in [6.07, 6.45) is 0. The van der Waals surface area contributed by atoms with Crippen molar-refractivity contribution in [2.45, 2.75) is 0 Å². The summed E-state index contributed by atoms with van der Waals surface area (Å²) in [5.74, 6) is -2.29. The molecule has 0 spiro atoms. The molecule has 0 unspecified atom stereocenters. The van der Waals surface area contributed by atoms with E-state index in [-0.39, 0.29) is 58.9 Å². The Balaban J connectivity index is 1.46. The van der Waals surface area contributed by atoms with Crippen LogP contribution in [0.25, 0.3) is 10.8 Å². The first-order valence-electron chi connectivity index (χ1n) is 10.2. The Hall–Kier alpha value is -3.00. The Bertz CT molecular complexity index is 1610. The molecule has 5 rings (SSSR count). The maximum absolute atomic E-state index is 13.1. The zero-order valence-corrected chi connectivity index (χ0v) is 21.5. The van der Waals surface area contributed by atoms with Gasteiger partial charge in [0.2, 0.25) is 0 Å². The van der Waals surface area contributed by atoms with Gasteiger partial charge in [-0.15, -0.1) is 0 Å². The molecule has 3 amide bonds. The SMILES string of the molecule is O=C(Nc1ccc(N2C(=O)c3c(Cl)c(Cl)c(Cl)c(Cl)c3C2=O)c(Cl)c1)c1ccc2ccccc2c1O. The van der Waals surface area contributed by atoms with E-state index in [9.17, 15) is 19.5 Å². The lowest BCUT2D eigenvalue weighted by Crippen LogP contribution is -2.29. The Morgan fingerprint density at radius 1 is 0.778 bits per heavy atom. The standard InChI is InChI=1S/C25H11Cl5N2O4/c26-14-9-11(31-23(34)13-7-5-10-3-1-2-4-12(10)22(13)33)6-8-15(14)32-24(35)16-17(25(32)36)19(28)21(30)20(29)18(16)27/h1-9,33H,(H,31,34). The second-order valence-electron chi connectivity index (χ2n) is 7.75. The highest BCUT2D eigenvalue weighted by Crippen LogP contribution is 2.46. The summed E-state index contributed by atoms with van der Waals surface area (Å²) in [4.78, 5) is 39.8. The summed E-state index contributed by atoms with van der Waals surface area (Å²) in [6.45, 7) is 0. The van der Waals surface area contributed by atoms with Gasteiger partial charge in [0.1, 0.15) is 5.75 Å². The van der Waals surface area contributed by atoms with Gasteiger partial charge in [-0.3, -0.25) is 14.4 Å². The van der Waals surface area contributed by atoms with Crippen molar-refractivity contribution in [3.05, 3.63) is 96.4 Å². The third kappa shape index (κ3) is 3.77. The molecule has 0 saturated heterocycles. The van der Waals surface area contributed by atoms with E-state index in [1.807, 2.05) is 12.1 Å². The first-order valence-corrected chi connectivity index (χ1v) is 12.1.